The van der Waals surface area contributed by atoms with Gasteiger partial charge < -0.3 is 9.73 Å². The Balaban J connectivity index is 1.76. The number of carbonyl (C=O) groups excluding carboxylic acids is 1. The second-order valence-electron chi connectivity index (χ2n) is 5.09. The minimum Gasteiger partial charge on any atom is -0.460 e. The lowest BCUT2D eigenvalue weighted by molar-refractivity contribution is 0.102. The number of aromatic amines is 1. The van der Waals surface area contributed by atoms with Crippen LogP contribution in [0.3, 0.4) is 0 Å². The van der Waals surface area contributed by atoms with Crippen molar-refractivity contribution in [2.75, 3.05) is 5.32 Å². The summed E-state index contributed by atoms with van der Waals surface area (Å²) in [5.74, 6) is 1.23. The number of nitrogens with one attached hydrogen (secondary N) is 2. The van der Waals surface area contributed by atoms with E-state index in [1.165, 1.54) is 5.56 Å². The fourth-order valence-corrected chi connectivity index (χ4v) is 2.21. The van der Waals surface area contributed by atoms with Gasteiger partial charge in [-0.3, -0.25) is 9.89 Å². The molecule has 112 valence electrons. The zero-order valence-corrected chi connectivity index (χ0v) is 12.5. The highest BCUT2D eigenvalue weighted by Gasteiger charge is 2.13. The minimum atomic E-state index is -0.251. The number of hydrogen-bond donors (Lipinski definition) is 2. The number of H-pyrrole nitrogens is 1. The average molecular weight is 295 g/mol. The summed E-state index contributed by atoms with van der Waals surface area (Å²) < 4.78 is 5.51. The number of carbonyl (C=O) groups is 1. The van der Waals surface area contributed by atoms with Gasteiger partial charge in [0, 0.05) is 11.8 Å². The third-order valence-electron chi connectivity index (χ3n) is 3.41. The Morgan fingerprint density at radius 2 is 2.14 bits per heavy atom. The zero-order chi connectivity index (χ0) is 15.5. The third kappa shape index (κ3) is 2.93. The van der Waals surface area contributed by atoms with E-state index in [0.717, 1.165) is 17.9 Å². The molecule has 3 rings (SSSR count). The van der Waals surface area contributed by atoms with Gasteiger partial charge in [-0.25, -0.2) is 0 Å². The Morgan fingerprint density at radius 3 is 2.86 bits per heavy atom. The molecule has 5 heteroatoms. The molecule has 0 bridgehead atoms. The molecule has 0 saturated carbocycles. The molecule has 2 N–H and O–H groups in total. The predicted octanol–water partition coefficient (Wildman–Crippen LogP) is 3.79. The first-order valence-electron chi connectivity index (χ1n) is 7.18. The van der Waals surface area contributed by atoms with Crippen molar-refractivity contribution in [1.29, 1.82) is 0 Å². The smallest absolute Gasteiger partial charge is 0.276 e. The van der Waals surface area contributed by atoms with E-state index in [-0.39, 0.29) is 5.91 Å². The monoisotopic (exact) mass is 295 g/mol. The van der Waals surface area contributed by atoms with Crippen molar-refractivity contribution in [2.24, 2.45) is 0 Å². The number of furan rings is 1. The van der Waals surface area contributed by atoms with Crippen LogP contribution in [0.5, 0.6) is 0 Å². The van der Waals surface area contributed by atoms with E-state index in [0.29, 0.717) is 17.1 Å². The topological polar surface area (TPSA) is 70.9 Å². The van der Waals surface area contributed by atoms with E-state index < -0.39 is 0 Å². The average Bonchev–Trinajstić information content (AvgIpc) is 3.16. The number of amides is 1. The molecule has 1 amide bonds. The van der Waals surface area contributed by atoms with E-state index in [9.17, 15) is 4.79 Å². The molecule has 2 aromatic heterocycles. The second-order valence-corrected chi connectivity index (χ2v) is 5.09. The summed E-state index contributed by atoms with van der Waals surface area (Å²) in [7, 11) is 0. The molecular weight excluding hydrogens is 278 g/mol. The minimum absolute atomic E-state index is 0.251. The van der Waals surface area contributed by atoms with Gasteiger partial charge in [-0.1, -0.05) is 19.1 Å². The molecular formula is C17H17N3O2. The van der Waals surface area contributed by atoms with Crippen LogP contribution in [0.2, 0.25) is 0 Å². The SMILES string of the molecule is CCc1cccc(NC(=O)c2cc(-c3ccc(C)o3)[nH]n2)c1. The number of anilines is 1. The van der Waals surface area contributed by atoms with Crippen LogP contribution < -0.4 is 5.32 Å². The molecule has 22 heavy (non-hydrogen) atoms. The Kier molecular flexibility index (Phi) is 3.78. The van der Waals surface area contributed by atoms with Gasteiger partial charge in [-0.15, -0.1) is 0 Å². The summed E-state index contributed by atoms with van der Waals surface area (Å²) in [6.07, 6.45) is 0.925. The zero-order valence-electron chi connectivity index (χ0n) is 12.5. The van der Waals surface area contributed by atoms with Crippen LogP contribution in [-0.4, -0.2) is 16.1 Å². The molecule has 2 heterocycles. The lowest BCUT2D eigenvalue weighted by Crippen LogP contribution is -2.12. The van der Waals surface area contributed by atoms with Crippen molar-refractivity contribution in [3.8, 4) is 11.5 Å². The molecule has 0 atom stereocenters. The highest BCUT2D eigenvalue weighted by molar-refractivity contribution is 6.03. The van der Waals surface area contributed by atoms with Crippen molar-refractivity contribution in [1.82, 2.24) is 10.2 Å². The molecule has 0 aliphatic heterocycles. The maximum absolute atomic E-state index is 12.2. The molecule has 1 aromatic carbocycles. The predicted molar refractivity (Wildman–Crippen MR) is 84.8 cm³/mol. The summed E-state index contributed by atoms with van der Waals surface area (Å²) in [6, 6.07) is 13.2. The van der Waals surface area contributed by atoms with Crippen LogP contribution in [0.15, 0.2) is 46.9 Å². The molecule has 0 aliphatic carbocycles. The normalized spacial score (nSPS) is 10.6. The van der Waals surface area contributed by atoms with Gasteiger partial charge in [0.25, 0.3) is 5.91 Å². The number of nitrogens with zero attached hydrogens (tertiary/aromatic N) is 1. The van der Waals surface area contributed by atoms with E-state index in [4.69, 9.17) is 4.42 Å². The van der Waals surface area contributed by atoms with Crippen molar-refractivity contribution in [2.45, 2.75) is 20.3 Å². The quantitative estimate of drug-likeness (QED) is 0.769. The van der Waals surface area contributed by atoms with Crippen LogP contribution in [0.4, 0.5) is 5.69 Å². The summed E-state index contributed by atoms with van der Waals surface area (Å²) in [5.41, 5.74) is 2.95. The van der Waals surface area contributed by atoms with Crippen molar-refractivity contribution < 1.29 is 9.21 Å². The van der Waals surface area contributed by atoms with Crippen molar-refractivity contribution in [3.63, 3.8) is 0 Å². The highest BCUT2D eigenvalue weighted by Crippen LogP contribution is 2.21. The van der Waals surface area contributed by atoms with E-state index in [2.05, 4.69) is 22.4 Å². The van der Waals surface area contributed by atoms with Crippen LogP contribution in [0.1, 0.15) is 28.7 Å². The molecule has 0 saturated heterocycles. The summed E-state index contributed by atoms with van der Waals surface area (Å²) in [5, 5.41) is 9.71. The molecule has 0 fully saturated rings. The van der Waals surface area contributed by atoms with Crippen LogP contribution in [-0.2, 0) is 6.42 Å². The standard InChI is InChI=1S/C17H17N3O2/c1-3-12-5-4-6-13(9-12)18-17(21)15-10-14(19-20-15)16-8-7-11(2)22-16/h4-10H,3H2,1-2H3,(H,18,21)(H,19,20). The van der Waals surface area contributed by atoms with Gasteiger partial charge in [-0.05, 0) is 43.2 Å². The number of aryl methyl sites for hydroxylation is 2. The maximum Gasteiger partial charge on any atom is 0.276 e. The van der Waals surface area contributed by atoms with Gasteiger partial charge in [0.2, 0.25) is 0 Å². The van der Waals surface area contributed by atoms with Crippen LogP contribution in [0, 0.1) is 6.92 Å². The van der Waals surface area contributed by atoms with E-state index in [1.54, 1.807) is 6.07 Å². The fraction of sp³-hybridized carbons (Fsp3) is 0.176. The third-order valence-corrected chi connectivity index (χ3v) is 3.41. The Labute approximate surface area is 128 Å². The molecule has 3 aromatic rings. The van der Waals surface area contributed by atoms with Crippen molar-refractivity contribution >= 4 is 11.6 Å². The summed E-state index contributed by atoms with van der Waals surface area (Å²) >= 11 is 0. The fourth-order valence-electron chi connectivity index (χ4n) is 2.21. The lowest BCUT2D eigenvalue weighted by Gasteiger charge is -2.04. The summed E-state index contributed by atoms with van der Waals surface area (Å²) in [6.45, 7) is 3.94. The first-order chi connectivity index (χ1) is 10.7. The van der Waals surface area contributed by atoms with Gasteiger partial charge in [0.05, 0.1) is 0 Å². The van der Waals surface area contributed by atoms with Crippen LogP contribution in [0.25, 0.3) is 11.5 Å². The first kappa shape index (κ1) is 14.1. The Bertz CT molecular complexity index is 802. The van der Waals surface area contributed by atoms with E-state index >= 15 is 0 Å². The van der Waals surface area contributed by atoms with Gasteiger partial charge in [0.1, 0.15) is 11.5 Å². The largest absolute Gasteiger partial charge is 0.460 e. The number of benzene rings is 1. The molecule has 0 unspecified atom stereocenters. The first-order valence-corrected chi connectivity index (χ1v) is 7.18. The van der Waals surface area contributed by atoms with Gasteiger partial charge in [0.15, 0.2) is 11.5 Å². The number of aromatic nitrogens is 2. The Hall–Kier alpha value is -2.82. The van der Waals surface area contributed by atoms with Crippen LogP contribution >= 0.6 is 0 Å². The lowest BCUT2D eigenvalue weighted by atomic mass is 10.1. The second kappa shape index (κ2) is 5.89. The Morgan fingerprint density at radius 1 is 1.27 bits per heavy atom. The van der Waals surface area contributed by atoms with E-state index in [1.807, 2.05) is 43.3 Å². The van der Waals surface area contributed by atoms with Gasteiger partial charge in [-0.2, -0.15) is 5.10 Å². The molecule has 0 aliphatic rings. The number of rotatable bonds is 4. The maximum atomic E-state index is 12.2. The molecule has 0 radical (unpaired) electrons. The number of hydrogen-bond acceptors (Lipinski definition) is 3. The van der Waals surface area contributed by atoms with Gasteiger partial charge >= 0.3 is 0 Å². The highest BCUT2D eigenvalue weighted by atomic mass is 16.3. The molecule has 0 spiro atoms. The summed E-state index contributed by atoms with van der Waals surface area (Å²) in [4.78, 5) is 12.2. The van der Waals surface area contributed by atoms with Crippen molar-refractivity contribution in [3.05, 3.63) is 59.5 Å². The molecule has 5 nitrogen and oxygen atoms in total.